The van der Waals surface area contributed by atoms with Crippen LogP contribution in [-0.2, 0) is 20.9 Å². The van der Waals surface area contributed by atoms with Crippen LogP contribution in [0.5, 0.6) is 0 Å². The summed E-state index contributed by atoms with van der Waals surface area (Å²) in [6.07, 6.45) is 1.40. The Bertz CT molecular complexity index is 641. The Morgan fingerprint density at radius 3 is 2.82 bits per heavy atom. The minimum Gasteiger partial charge on any atom is -0.465 e. The molecule has 6 heteroatoms. The first kappa shape index (κ1) is 14.6. The lowest BCUT2D eigenvalue weighted by Gasteiger charge is -2.16. The Kier molecular flexibility index (Phi) is 3.83. The second-order valence-corrected chi connectivity index (χ2v) is 5.46. The molecule has 6 nitrogen and oxygen atoms in total. The third-order valence-corrected chi connectivity index (χ3v) is 3.98. The summed E-state index contributed by atoms with van der Waals surface area (Å²) in [5.74, 6) is -0.496. The van der Waals surface area contributed by atoms with Gasteiger partial charge in [0.1, 0.15) is 6.54 Å². The quantitative estimate of drug-likeness (QED) is 0.787. The molecule has 22 heavy (non-hydrogen) atoms. The van der Waals surface area contributed by atoms with Crippen molar-refractivity contribution >= 4 is 23.5 Å². The molecule has 116 valence electrons. The normalized spacial score (nSPS) is 17.1. The van der Waals surface area contributed by atoms with Crippen LogP contribution in [0.2, 0.25) is 0 Å². The molecular weight excluding hydrogens is 284 g/mol. The van der Waals surface area contributed by atoms with E-state index in [4.69, 9.17) is 4.74 Å². The highest BCUT2D eigenvalue weighted by molar-refractivity contribution is 6.02. The number of nitrogens with zero attached hydrogens (tertiary/aromatic N) is 2. The Balaban J connectivity index is 1.78. The van der Waals surface area contributed by atoms with E-state index in [-0.39, 0.29) is 18.4 Å². The molecule has 1 aromatic carbocycles. The molecular formula is C16H18N2O4. The van der Waals surface area contributed by atoms with Crippen molar-refractivity contribution in [2.75, 3.05) is 24.6 Å². The van der Waals surface area contributed by atoms with Crippen LogP contribution >= 0.6 is 0 Å². The fraction of sp³-hybridized carbons (Fsp3) is 0.438. The average Bonchev–Trinajstić information content (AvgIpc) is 3.04. The van der Waals surface area contributed by atoms with Crippen LogP contribution in [0.25, 0.3) is 0 Å². The third-order valence-electron chi connectivity index (χ3n) is 3.98. The summed E-state index contributed by atoms with van der Waals surface area (Å²) in [5.41, 5.74) is 2.21. The summed E-state index contributed by atoms with van der Waals surface area (Å²) >= 11 is 0. The smallest absolute Gasteiger partial charge is 0.325 e. The van der Waals surface area contributed by atoms with E-state index in [2.05, 4.69) is 0 Å². The fourth-order valence-corrected chi connectivity index (χ4v) is 2.93. The number of hydrogen-bond donors (Lipinski definition) is 0. The van der Waals surface area contributed by atoms with Gasteiger partial charge < -0.3 is 14.5 Å². The number of hydrogen-bond acceptors (Lipinski definition) is 4. The highest BCUT2D eigenvalue weighted by Gasteiger charge is 2.31. The number of ether oxygens (including phenoxy) is 1. The van der Waals surface area contributed by atoms with Crippen molar-refractivity contribution < 1.29 is 19.1 Å². The number of benzene rings is 1. The first-order valence-corrected chi connectivity index (χ1v) is 7.48. The van der Waals surface area contributed by atoms with Gasteiger partial charge in [0.2, 0.25) is 5.91 Å². The van der Waals surface area contributed by atoms with E-state index in [1.54, 1.807) is 17.9 Å². The predicted octanol–water partition coefficient (Wildman–Crippen LogP) is 1.33. The van der Waals surface area contributed by atoms with Gasteiger partial charge in [-0.3, -0.25) is 14.4 Å². The zero-order valence-corrected chi connectivity index (χ0v) is 12.5. The number of fused-ring (bicyclic) bond motifs is 1. The number of esters is 1. The molecule has 0 bridgehead atoms. The fourth-order valence-electron chi connectivity index (χ4n) is 2.93. The summed E-state index contributed by atoms with van der Waals surface area (Å²) in [6.45, 7) is 3.09. The van der Waals surface area contributed by atoms with Crippen molar-refractivity contribution in [3.63, 3.8) is 0 Å². The summed E-state index contributed by atoms with van der Waals surface area (Å²) in [5, 5.41) is 0. The summed E-state index contributed by atoms with van der Waals surface area (Å²) in [7, 11) is 0. The maximum Gasteiger partial charge on any atom is 0.325 e. The molecule has 3 rings (SSSR count). The van der Waals surface area contributed by atoms with Crippen LogP contribution in [0.15, 0.2) is 18.2 Å². The Morgan fingerprint density at radius 1 is 1.32 bits per heavy atom. The van der Waals surface area contributed by atoms with Gasteiger partial charge in [-0.25, -0.2) is 0 Å². The van der Waals surface area contributed by atoms with Gasteiger partial charge >= 0.3 is 5.97 Å². The van der Waals surface area contributed by atoms with Crippen LogP contribution < -0.4 is 4.90 Å². The van der Waals surface area contributed by atoms with Crippen molar-refractivity contribution in [2.24, 2.45) is 0 Å². The zero-order valence-electron chi connectivity index (χ0n) is 12.5. The van der Waals surface area contributed by atoms with Gasteiger partial charge in [-0.1, -0.05) is 6.07 Å². The molecule has 0 spiro atoms. The topological polar surface area (TPSA) is 66.9 Å². The zero-order chi connectivity index (χ0) is 15.7. The Hall–Kier alpha value is -2.37. The molecule has 2 amide bonds. The summed E-state index contributed by atoms with van der Waals surface area (Å²) in [4.78, 5) is 38.9. The van der Waals surface area contributed by atoms with Gasteiger partial charge in [-0.15, -0.1) is 0 Å². The van der Waals surface area contributed by atoms with Gasteiger partial charge in [-0.05, 0) is 31.0 Å². The van der Waals surface area contributed by atoms with Gasteiger partial charge in [0, 0.05) is 30.8 Å². The van der Waals surface area contributed by atoms with Gasteiger partial charge in [0.05, 0.1) is 6.61 Å². The van der Waals surface area contributed by atoms with E-state index >= 15 is 0 Å². The Labute approximate surface area is 128 Å². The van der Waals surface area contributed by atoms with Gasteiger partial charge in [0.15, 0.2) is 0 Å². The van der Waals surface area contributed by atoms with E-state index in [9.17, 15) is 14.4 Å². The van der Waals surface area contributed by atoms with E-state index in [1.165, 1.54) is 4.90 Å². The van der Waals surface area contributed by atoms with E-state index < -0.39 is 5.97 Å². The number of anilines is 1. The molecule has 0 N–H and O–H groups in total. The minimum atomic E-state index is -0.404. The van der Waals surface area contributed by atoms with Crippen molar-refractivity contribution in [2.45, 2.75) is 26.3 Å². The summed E-state index contributed by atoms with van der Waals surface area (Å²) in [6, 6.07) is 5.48. The van der Waals surface area contributed by atoms with Crippen molar-refractivity contribution in [3.05, 3.63) is 29.3 Å². The average molecular weight is 302 g/mol. The number of amides is 2. The molecule has 2 heterocycles. The Morgan fingerprint density at radius 2 is 2.14 bits per heavy atom. The monoisotopic (exact) mass is 302 g/mol. The van der Waals surface area contributed by atoms with Gasteiger partial charge in [0.25, 0.3) is 5.91 Å². The second-order valence-electron chi connectivity index (χ2n) is 5.46. The van der Waals surface area contributed by atoms with Gasteiger partial charge in [-0.2, -0.15) is 0 Å². The van der Waals surface area contributed by atoms with Crippen LogP contribution in [0.4, 0.5) is 5.69 Å². The molecule has 1 fully saturated rings. The number of carbonyl (C=O) groups is 3. The second kappa shape index (κ2) is 5.79. The van der Waals surface area contributed by atoms with Crippen LogP contribution in [0.3, 0.4) is 0 Å². The molecule has 1 saturated heterocycles. The SMILES string of the molecule is CCOC(=O)CN1Cc2ccc(N3CCCC3=O)cc2C1=O. The molecule has 0 atom stereocenters. The van der Waals surface area contributed by atoms with Crippen molar-refractivity contribution in [3.8, 4) is 0 Å². The standard InChI is InChI=1S/C16H18N2O4/c1-2-22-15(20)10-17-9-11-5-6-12(8-13(11)16(17)21)18-7-3-4-14(18)19/h5-6,8H,2-4,7,9-10H2,1H3. The first-order valence-electron chi connectivity index (χ1n) is 7.48. The largest absolute Gasteiger partial charge is 0.465 e. The van der Waals surface area contributed by atoms with Crippen LogP contribution in [0.1, 0.15) is 35.7 Å². The lowest BCUT2D eigenvalue weighted by molar-refractivity contribution is -0.143. The molecule has 0 radical (unpaired) electrons. The summed E-state index contributed by atoms with van der Waals surface area (Å²) < 4.78 is 4.88. The maximum absolute atomic E-state index is 12.4. The number of rotatable bonds is 4. The molecule has 0 saturated carbocycles. The molecule has 0 aliphatic carbocycles. The van der Waals surface area contributed by atoms with Crippen LogP contribution in [-0.4, -0.2) is 42.4 Å². The van der Waals surface area contributed by atoms with Crippen LogP contribution in [0, 0.1) is 0 Å². The van der Waals surface area contributed by atoms with E-state index in [0.717, 1.165) is 17.7 Å². The van der Waals surface area contributed by atoms with E-state index in [0.29, 0.717) is 31.7 Å². The lowest BCUT2D eigenvalue weighted by Crippen LogP contribution is -2.31. The van der Waals surface area contributed by atoms with E-state index in [1.807, 2.05) is 12.1 Å². The first-order chi connectivity index (χ1) is 10.6. The lowest BCUT2D eigenvalue weighted by atomic mass is 10.1. The molecule has 1 aromatic rings. The van der Waals surface area contributed by atoms with Crippen molar-refractivity contribution in [1.82, 2.24) is 4.90 Å². The maximum atomic E-state index is 12.4. The number of carbonyl (C=O) groups excluding carboxylic acids is 3. The molecule has 0 unspecified atom stereocenters. The molecule has 0 aromatic heterocycles. The van der Waals surface area contributed by atoms with Crippen molar-refractivity contribution in [1.29, 1.82) is 0 Å². The highest BCUT2D eigenvalue weighted by atomic mass is 16.5. The highest BCUT2D eigenvalue weighted by Crippen LogP contribution is 2.29. The minimum absolute atomic E-state index is 0.0423. The predicted molar refractivity (Wildman–Crippen MR) is 79.4 cm³/mol. The third kappa shape index (κ3) is 2.56. The molecule has 2 aliphatic heterocycles. The molecule has 2 aliphatic rings.